The molecule has 0 bridgehead atoms. The molecule has 1 unspecified atom stereocenters. The lowest BCUT2D eigenvalue weighted by Gasteiger charge is -2.47. The van der Waals surface area contributed by atoms with E-state index < -0.39 is 0 Å². The predicted octanol–water partition coefficient (Wildman–Crippen LogP) is 2.24. The molecule has 0 saturated carbocycles. The molecule has 3 heteroatoms. The Hall–Kier alpha value is -0.120. The molecule has 0 aromatic carbocycles. The van der Waals surface area contributed by atoms with Gasteiger partial charge in [-0.25, -0.2) is 0 Å². The predicted molar refractivity (Wildman–Crippen MR) is 62.5 cm³/mol. The summed E-state index contributed by atoms with van der Waals surface area (Å²) in [5, 5.41) is 0. The molecule has 0 aromatic heterocycles. The van der Waals surface area contributed by atoms with Crippen molar-refractivity contribution in [1.29, 1.82) is 0 Å². The molecule has 94 valence electrons. The van der Waals surface area contributed by atoms with E-state index in [0.717, 1.165) is 45.9 Å². The molecule has 0 radical (unpaired) electrons. The van der Waals surface area contributed by atoms with Crippen molar-refractivity contribution in [2.75, 3.05) is 33.0 Å². The van der Waals surface area contributed by atoms with Crippen LogP contribution in [0.1, 0.15) is 33.6 Å². The monoisotopic (exact) mass is 228 g/mol. The van der Waals surface area contributed by atoms with Crippen molar-refractivity contribution in [1.82, 2.24) is 0 Å². The molecular formula is C13H24O3. The van der Waals surface area contributed by atoms with Crippen LogP contribution in [0.4, 0.5) is 0 Å². The van der Waals surface area contributed by atoms with E-state index in [2.05, 4.69) is 20.8 Å². The van der Waals surface area contributed by atoms with Crippen LogP contribution >= 0.6 is 0 Å². The minimum Gasteiger partial charge on any atom is -0.380 e. The summed E-state index contributed by atoms with van der Waals surface area (Å²) in [7, 11) is 0. The lowest BCUT2D eigenvalue weighted by molar-refractivity contribution is -0.214. The van der Waals surface area contributed by atoms with Gasteiger partial charge in [-0.2, -0.15) is 0 Å². The van der Waals surface area contributed by atoms with Crippen molar-refractivity contribution < 1.29 is 14.2 Å². The molecule has 0 N–H and O–H groups in total. The summed E-state index contributed by atoms with van der Waals surface area (Å²) in [6, 6.07) is 0. The highest BCUT2D eigenvalue weighted by molar-refractivity contribution is 4.91. The summed E-state index contributed by atoms with van der Waals surface area (Å²) in [4.78, 5) is 0. The quantitative estimate of drug-likeness (QED) is 0.698. The normalized spacial score (nSPS) is 27.9. The van der Waals surface area contributed by atoms with E-state index >= 15 is 0 Å². The first-order chi connectivity index (χ1) is 7.66. The largest absolute Gasteiger partial charge is 0.380 e. The molecule has 16 heavy (non-hydrogen) atoms. The van der Waals surface area contributed by atoms with E-state index in [-0.39, 0.29) is 5.41 Å². The van der Waals surface area contributed by atoms with Gasteiger partial charge in [0.1, 0.15) is 0 Å². The zero-order valence-corrected chi connectivity index (χ0v) is 10.8. The Morgan fingerprint density at radius 2 is 1.69 bits per heavy atom. The standard InChI is InChI=1S/C13H24O3/c1-4-12(6-14-7-12)8-16-11(3)13(5-2)9-15-10-13/h11H,4-10H2,1-3H3. The average molecular weight is 228 g/mol. The Balaban J connectivity index is 1.80. The highest BCUT2D eigenvalue weighted by atomic mass is 16.5. The molecule has 2 rings (SSSR count). The third kappa shape index (κ3) is 2.01. The maximum absolute atomic E-state index is 6.08. The molecule has 2 heterocycles. The maximum Gasteiger partial charge on any atom is 0.0647 e. The first-order valence-corrected chi connectivity index (χ1v) is 6.43. The topological polar surface area (TPSA) is 27.7 Å². The fraction of sp³-hybridized carbons (Fsp3) is 1.00. The van der Waals surface area contributed by atoms with E-state index in [1.807, 2.05) is 0 Å². The number of rotatable bonds is 6. The van der Waals surface area contributed by atoms with E-state index in [9.17, 15) is 0 Å². The minimum absolute atomic E-state index is 0.277. The van der Waals surface area contributed by atoms with E-state index in [4.69, 9.17) is 14.2 Å². The van der Waals surface area contributed by atoms with Crippen molar-refractivity contribution in [2.24, 2.45) is 10.8 Å². The van der Waals surface area contributed by atoms with E-state index in [1.54, 1.807) is 0 Å². The zero-order valence-electron chi connectivity index (χ0n) is 10.8. The second kappa shape index (κ2) is 4.63. The van der Waals surface area contributed by atoms with Gasteiger partial charge in [0, 0.05) is 10.8 Å². The average Bonchev–Trinajstić information content (AvgIpc) is 2.16. The molecule has 0 aliphatic carbocycles. The second-order valence-electron chi connectivity index (χ2n) is 5.51. The van der Waals surface area contributed by atoms with Gasteiger partial charge in [-0.1, -0.05) is 13.8 Å². The van der Waals surface area contributed by atoms with Gasteiger partial charge in [0.2, 0.25) is 0 Å². The molecule has 3 nitrogen and oxygen atoms in total. The van der Waals surface area contributed by atoms with Crippen LogP contribution in [0, 0.1) is 10.8 Å². The van der Waals surface area contributed by atoms with Crippen LogP contribution in [0.5, 0.6) is 0 Å². The first-order valence-electron chi connectivity index (χ1n) is 6.43. The Kier molecular flexibility index (Phi) is 3.57. The van der Waals surface area contributed by atoms with E-state index in [1.165, 1.54) is 0 Å². The third-order valence-corrected chi connectivity index (χ3v) is 4.55. The van der Waals surface area contributed by atoms with Gasteiger partial charge in [0.05, 0.1) is 39.1 Å². The van der Waals surface area contributed by atoms with Gasteiger partial charge < -0.3 is 14.2 Å². The Labute approximate surface area is 98.4 Å². The molecule has 2 saturated heterocycles. The summed E-state index contributed by atoms with van der Waals surface area (Å²) in [5.41, 5.74) is 0.577. The highest BCUT2D eigenvalue weighted by Crippen LogP contribution is 2.38. The van der Waals surface area contributed by atoms with Crippen LogP contribution in [-0.2, 0) is 14.2 Å². The molecule has 2 aliphatic rings. The van der Waals surface area contributed by atoms with Gasteiger partial charge in [-0.3, -0.25) is 0 Å². The SMILES string of the molecule is CCC1(COC(C)C2(CC)COC2)COC1. The van der Waals surface area contributed by atoms with Crippen molar-refractivity contribution in [3.63, 3.8) is 0 Å². The minimum atomic E-state index is 0.277. The fourth-order valence-electron chi connectivity index (χ4n) is 2.35. The summed E-state index contributed by atoms with van der Waals surface area (Å²) in [6.07, 6.45) is 2.59. The lowest BCUT2D eigenvalue weighted by Crippen LogP contribution is -2.53. The molecule has 2 fully saturated rings. The molecule has 0 amide bonds. The van der Waals surface area contributed by atoms with Crippen LogP contribution in [0.15, 0.2) is 0 Å². The summed E-state index contributed by atoms with van der Waals surface area (Å²) >= 11 is 0. The number of hydrogen-bond donors (Lipinski definition) is 0. The van der Waals surface area contributed by atoms with Crippen LogP contribution in [0.2, 0.25) is 0 Å². The van der Waals surface area contributed by atoms with Crippen LogP contribution < -0.4 is 0 Å². The van der Waals surface area contributed by atoms with Crippen LogP contribution in [0.3, 0.4) is 0 Å². The van der Waals surface area contributed by atoms with Gasteiger partial charge in [0.15, 0.2) is 0 Å². The summed E-state index contributed by atoms with van der Waals surface area (Å²) in [5.74, 6) is 0. The van der Waals surface area contributed by atoms with Crippen molar-refractivity contribution >= 4 is 0 Å². The van der Waals surface area contributed by atoms with Gasteiger partial charge in [-0.05, 0) is 19.8 Å². The number of hydrogen-bond acceptors (Lipinski definition) is 3. The van der Waals surface area contributed by atoms with Gasteiger partial charge in [0.25, 0.3) is 0 Å². The third-order valence-electron chi connectivity index (χ3n) is 4.55. The lowest BCUT2D eigenvalue weighted by atomic mass is 9.78. The van der Waals surface area contributed by atoms with Crippen molar-refractivity contribution in [3.8, 4) is 0 Å². The maximum atomic E-state index is 6.08. The van der Waals surface area contributed by atoms with Crippen LogP contribution in [0.25, 0.3) is 0 Å². The smallest absolute Gasteiger partial charge is 0.0647 e. The molecule has 1 atom stereocenters. The summed E-state index contributed by atoms with van der Waals surface area (Å²) in [6.45, 7) is 10.9. The molecule has 2 aliphatic heterocycles. The Morgan fingerprint density at radius 1 is 1.06 bits per heavy atom. The van der Waals surface area contributed by atoms with Gasteiger partial charge >= 0.3 is 0 Å². The zero-order chi connectivity index (χ0) is 11.6. The molecule has 0 spiro atoms. The van der Waals surface area contributed by atoms with Crippen molar-refractivity contribution in [3.05, 3.63) is 0 Å². The highest BCUT2D eigenvalue weighted by Gasteiger charge is 2.44. The Morgan fingerprint density at radius 3 is 2.00 bits per heavy atom. The number of ether oxygens (including phenoxy) is 3. The Bertz CT molecular complexity index is 220. The van der Waals surface area contributed by atoms with Crippen LogP contribution in [-0.4, -0.2) is 39.1 Å². The van der Waals surface area contributed by atoms with E-state index in [0.29, 0.717) is 11.5 Å². The summed E-state index contributed by atoms with van der Waals surface area (Å²) < 4.78 is 16.7. The second-order valence-corrected chi connectivity index (χ2v) is 5.51. The van der Waals surface area contributed by atoms with Crippen molar-refractivity contribution in [2.45, 2.75) is 39.7 Å². The molecular weight excluding hydrogens is 204 g/mol. The van der Waals surface area contributed by atoms with Gasteiger partial charge in [-0.15, -0.1) is 0 Å². The fourth-order valence-corrected chi connectivity index (χ4v) is 2.35. The first kappa shape index (κ1) is 12.3. The molecule has 0 aromatic rings.